The third kappa shape index (κ3) is 3.66. The first-order chi connectivity index (χ1) is 8.45. The van der Waals surface area contributed by atoms with Gasteiger partial charge in [0.1, 0.15) is 4.99 Å². The summed E-state index contributed by atoms with van der Waals surface area (Å²) >= 11 is 4.90. The molecule has 0 aliphatic carbocycles. The second-order valence-electron chi connectivity index (χ2n) is 4.07. The minimum Gasteiger partial charge on any atom is -0.388 e. The number of thiocarbonyl (C=S) groups is 1. The first-order valence-corrected chi connectivity index (χ1v) is 6.07. The highest BCUT2D eigenvalue weighted by Gasteiger charge is 2.12. The zero-order chi connectivity index (χ0) is 13.7. The van der Waals surface area contributed by atoms with Crippen LogP contribution in [0, 0.1) is 0 Å². The van der Waals surface area contributed by atoms with Crippen molar-refractivity contribution in [1.29, 1.82) is 0 Å². The van der Waals surface area contributed by atoms with E-state index in [1.165, 1.54) is 0 Å². The number of pyridine rings is 1. The van der Waals surface area contributed by atoms with Crippen LogP contribution in [0.2, 0.25) is 0 Å². The number of carbonyl (C=O) groups excluding carboxylic acids is 1. The van der Waals surface area contributed by atoms with Crippen molar-refractivity contribution in [2.24, 2.45) is 5.73 Å². The monoisotopic (exact) mass is 266 g/mol. The summed E-state index contributed by atoms with van der Waals surface area (Å²) in [5.74, 6) is 0.0468. The second-order valence-corrected chi connectivity index (χ2v) is 4.51. The smallest absolute Gasteiger partial charge is 0.241 e. The number of hydrogen-bond acceptors (Lipinski definition) is 4. The fraction of sp³-hybridized carbons (Fsp3) is 0.417. The number of nitrogens with zero attached hydrogens (tertiary/aromatic N) is 3. The van der Waals surface area contributed by atoms with Crippen molar-refractivity contribution in [2.75, 3.05) is 32.1 Å². The Bertz CT molecular complexity index is 447. The highest BCUT2D eigenvalue weighted by atomic mass is 32.1. The van der Waals surface area contributed by atoms with Crippen molar-refractivity contribution in [1.82, 2.24) is 9.88 Å². The Hall–Kier alpha value is -1.69. The van der Waals surface area contributed by atoms with E-state index in [1.54, 1.807) is 31.3 Å². The van der Waals surface area contributed by atoms with Crippen molar-refractivity contribution in [3.05, 3.63) is 24.0 Å². The molecule has 1 aromatic heterocycles. The molecule has 0 radical (unpaired) electrons. The Balaban J connectivity index is 2.91. The molecule has 1 heterocycles. The molecular weight excluding hydrogens is 248 g/mol. The third-order valence-corrected chi connectivity index (χ3v) is 2.78. The van der Waals surface area contributed by atoms with Crippen molar-refractivity contribution in [3.8, 4) is 0 Å². The number of amides is 1. The van der Waals surface area contributed by atoms with Crippen LogP contribution < -0.4 is 10.6 Å². The molecule has 0 aromatic carbocycles. The summed E-state index contributed by atoms with van der Waals surface area (Å²) in [5.41, 5.74) is 7.01. The maximum absolute atomic E-state index is 11.7. The Morgan fingerprint density at radius 3 is 2.67 bits per heavy atom. The highest BCUT2D eigenvalue weighted by molar-refractivity contribution is 7.80. The summed E-state index contributed by atoms with van der Waals surface area (Å²) < 4.78 is 0. The van der Waals surface area contributed by atoms with E-state index in [4.69, 9.17) is 18.0 Å². The number of nitrogens with two attached hydrogens (primary N) is 1. The lowest BCUT2D eigenvalue weighted by atomic mass is 10.2. The second kappa shape index (κ2) is 6.30. The molecule has 0 spiro atoms. The molecule has 0 unspecified atom stereocenters. The van der Waals surface area contributed by atoms with Gasteiger partial charge in [0.05, 0.1) is 12.2 Å². The zero-order valence-electron chi connectivity index (χ0n) is 10.9. The lowest BCUT2D eigenvalue weighted by Gasteiger charge is -2.24. The molecule has 1 rings (SSSR count). The van der Waals surface area contributed by atoms with E-state index in [-0.39, 0.29) is 10.9 Å². The normalized spacial score (nSPS) is 9.94. The van der Waals surface area contributed by atoms with E-state index in [1.807, 2.05) is 17.9 Å². The SMILES string of the molecule is CCN(CC(=O)N(C)C)c1ccnc(C(N)=S)c1. The number of carbonyl (C=O) groups is 1. The van der Waals surface area contributed by atoms with Crippen LogP contribution in [0.4, 0.5) is 5.69 Å². The number of aromatic nitrogens is 1. The molecule has 5 nitrogen and oxygen atoms in total. The Morgan fingerprint density at radius 1 is 1.50 bits per heavy atom. The molecule has 0 fully saturated rings. The zero-order valence-corrected chi connectivity index (χ0v) is 11.7. The molecule has 6 heteroatoms. The van der Waals surface area contributed by atoms with Crippen molar-refractivity contribution >= 4 is 28.8 Å². The van der Waals surface area contributed by atoms with Crippen molar-refractivity contribution < 1.29 is 4.79 Å². The molecule has 98 valence electrons. The molecule has 0 aliphatic rings. The highest BCUT2D eigenvalue weighted by Crippen LogP contribution is 2.14. The molecule has 0 atom stereocenters. The van der Waals surface area contributed by atoms with Crippen LogP contribution in [0.3, 0.4) is 0 Å². The topological polar surface area (TPSA) is 62.5 Å². The standard InChI is InChI=1S/C12H18N4OS/c1-4-16(8-11(17)15(2)3)9-5-6-14-10(7-9)12(13)18/h5-7H,4,8H2,1-3H3,(H2,13,18). The van der Waals surface area contributed by atoms with Crippen molar-refractivity contribution in [2.45, 2.75) is 6.92 Å². The molecule has 1 amide bonds. The van der Waals surface area contributed by atoms with Crippen LogP contribution in [-0.4, -0.2) is 48.0 Å². The van der Waals surface area contributed by atoms with Gasteiger partial charge in [0.2, 0.25) is 5.91 Å². The van der Waals surface area contributed by atoms with Gasteiger partial charge < -0.3 is 15.5 Å². The van der Waals surface area contributed by atoms with Gasteiger partial charge in [0, 0.05) is 32.5 Å². The summed E-state index contributed by atoms with van der Waals surface area (Å²) in [6.45, 7) is 3.04. The molecule has 0 aliphatic heterocycles. The Labute approximate surface area is 113 Å². The molecule has 1 aromatic rings. The molecule has 0 saturated heterocycles. The predicted octanol–water partition coefficient (Wildman–Crippen LogP) is 0.630. The van der Waals surface area contributed by atoms with Gasteiger partial charge in [-0.3, -0.25) is 9.78 Å². The van der Waals surface area contributed by atoms with Gasteiger partial charge in [-0.05, 0) is 19.1 Å². The minimum absolute atomic E-state index is 0.0468. The van der Waals surface area contributed by atoms with Gasteiger partial charge in [-0.25, -0.2) is 0 Å². The average molecular weight is 266 g/mol. The summed E-state index contributed by atoms with van der Waals surface area (Å²) in [6.07, 6.45) is 1.65. The van der Waals surface area contributed by atoms with Gasteiger partial charge in [0.25, 0.3) is 0 Å². The largest absolute Gasteiger partial charge is 0.388 e. The van der Waals surface area contributed by atoms with Crippen LogP contribution >= 0.6 is 12.2 Å². The van der Waals surface area contributed by atoms with E-state index >= 15 is 0 Å². The minimum atomic E-state index is 0.0468. The molecule has 0 saturated carbocycles. The van der Waals surface area contributed by atoms with Crippen LogP contribution in [0.5, 0.6) is 0 Å². The fourth-order valence-corrected chi connectivity index (χ4v) is 1.55. The van der Waals surface area contributed by atoms with Gasteiger partial charge in [-0.2, -0.15) is 0 Å². The Kier molecular flexibility index (Phi) is 5.03. The van der Waals surface area contributed by atoms with E-state index in [2.05, 4.69) is 4.98 Å². The van der Waals surface area contributed by atoms with Crippen LogP contribution in [0.25, 0.3) is 0 Å². The van der Waals surface area contributed by atoms with Gasteiger partial charge in [0.15, 0.2) is 0 Å². The summed E-state index contributed by atoms with van der Waals surface area (Å²) in [5, 5.41) is 0. The Morgan fingerprint density at radius 2 is 2.17 bits per heavy atom. The quantitative estimate of drug-likeness (QED) is 0.792. The summed E-state index contributed by atoms with van der Waals surface area (Å²) in [7, 11) is 3.48. The van der Waals surface area contributed by atoms with E-state index in [0.29, 0.717) is 12.2 Å². The van der Waals surface area contributed by atoms with Crippen LogP contribution in [0.15, 0.2) is 18.3 Å². The van der Waals surface area contributed by atoms with Crippen LogP contribution in [-0.2, 0) is 4.79 Å². The molecule has 18 heavy (non-hydrogen) atoms. The lowest BCUT2D eigenvalue weighted by molar-refractivity contribution is -0.127. The van der Waals surface area contributed by atoms with Gasteiger partial charge in [-0.1, -0.05) is 12.2 Å². The fourth-order valence-electron chi connectivity index (χ4n) is 1.44. The maximum atomic E-state index is 11.7. The number of rotatable bonds is 5. The molecular formula is C12H18N4OS. The van der Waals surface area contributed by atoms with E-state index < -0.39 is 0 Å². The van der Waals surface area contributed by atoms with Crippen molar-refractivity contribution in [3.63, 3.8) is 0 Å². The van der Waals surface area contributed by atoms with Gasteiger partial charge in [-0.15, -0.1) is 0 Å². The number of hydrogen-bond donors (Lipinski definition) is 1. The number of anilines is 1. The van der Waals surface area contributed by atoms with Crippen LogP contribution in [0.1, 0.15) is 12.6 Å². The summed E-state index contributed by atoms with van der Waals surface area (Å²) in [6, 6.07) is 3.64. The first kappa shape index (κ1) is 14.4. The summed E-state index contributed by atoms with van der Waals surface area (Å²) in [4.78, 5) is 19.6. The first-order valence-electron chi connectivity index (χ1n) is 5.66. The van der Waals surface area contributed by atoms with Gasteiger partial charge >= 0.3 is 0 Å². The number of likely N-dealkylation sites (N-methyl/N-ethyl adjacent to an activating group) is 2. The molecule has 0 bridgehead atoms. The van der Waals surface area contributed by atoms with E-state index in [0.717, 1.165) is 12.2 Å². The third-order valence-electron chi connectivity index (χ3n) is 2.57. The molecule has 2 N–H and O–H groups in total. The lowest BCUT2D eigenvalue weighted by Crippen LogP contribution is -2.36. The predicted molar refractivity (Wildman–Crippen MR) is 76.7 cm³/mol. The average Bonchev–Trinajstić information content (AvgIpc) is 2.35. The van der Waals surface area contributed by atoms with E-state index in [9.17, 15) is 4.79 Å². The maximum Gasteiger partial charge on any atom is 0.241 e.